The Kier molecular flexibility index (Phi) is 4.10. The molecule has 0 aromatic carbocycles. The average molecular weight is 252 g/mol. The van der Waals surface area contributed by atoms with E-state index >= 15 is 0 Å². The molecule has 1 N–H and O–H groups in total. The lowest BCUT2D eigenvalue weighted by molar-refractivity contribution is -0.200. The van der Waals surface area contributed by atoms with Gasteiger partial charge in [-0.2, -0.15) is 13.2 Å². The molecule has 0 aliphatic heterocycles. The topological polar surface area (TPSA) is 37.3 Å². The van der Waals surface area contributed by atoms with Crippen LogP contribution in [0.4, 0.5) is 13.2 Å². The van der Waals surface area contributed by atoms with E-state index in [4.69, 9.17) is 5.11 Å². The van der Waals surface area contributed by atoms with Gasteiger partial charge in [0.1, 0.15) is 0 Å². The van der Waals surface area contributed by atoms with Crippen LogP contribution < -0.4 is 0 Å². The first-order valence-electron chi connectivity index (χ1n) is 5.90. The molecule has 2 nitrogen and oxygen atoms in total. The summed E-state index contributed by atoms with van der Waals surface area (Å²) < 4.78 is 38.6. The molecule has 0 amide bonds. The van der Waals surface area contributed by atoms with Gasteiger partial charge in [-0.3, -0.25) is 4.79 Å². The van der Waals surface area contributed by atoms with E-state index in [1.807, 2.05) is 13.8 Å². The van der Waals surface area contributed by atoms with Crippen LogP contribution in [0.2, 0.25) is 0 Å². The van der Waals surface area contributed by atoms with Crippen molar-refractivity contribution in [2.24, 2.45) is 17.3 Å². The lowest BCUT2D eigenvalue weighted by Gasteiger charge is -2.39. The van der Waals surface area contributed by atoms with E-state index in [2.05, 4.69) is 0 Å². The summed E-state index contributed by atoms with van der Waals surface area (Å²) in [4.78, 5) is 10.6. The van der Waals surface area contributed by atoms with E-state index < -0.39 is 30.4 Å². The average Bonchev–Trinajstić information content (AvgIpc) is 2.10. The van der Waals surface area contributed by atoms with Crippen molar-refractivity contribution in [3.05, 3.63) is 0 Å². The van der Waals surface area contributed by atoms with Crippen molar-refractivity contribution in [1.82, 2.24) is 0 Å². The molecule has 1 aliphatic carbocycles. The minimum absolute atomic E-state index is 0.106. The van der Waals surface area contributed by atoms with Crippen molar-refractivity contribution in [3.8, 4) is 0 Å². The van der Waals surface area contributed by atoms with Gasteiger partial charge in [-0.25, -0.2) is 0 Å². The van der Waals surface area contributed by atoms with Gasteiger partial charge < -0.3 is 5.11 Å². The molecule has 1 fully saturated rings. The van der Waals surface area contributed by atoms with Gasteiger partial charge in [-0.05, 0) is 30.6 Å². The third kappa shape index (κ3) is 4.21. The second-order valence-corrected chi connectivity index (χ2v) is 5.77. The maximum absolute atomic E-state index is 12.9. The number of hydrogen-bond donors (Lipinski definition) is 1. The Morgan fingerprint density at radius 2 is 2.06 bits per heavy atom. The van der Waals surface area contributed by atoms with Crippen LogP contribution in [0.25, 0.3) is 0 Å². The van der Waals surface area contributed by atoms with Crippen molar-refractivity contribution < 1.29 is 23.1 Å². The first kappa shape index (κ1) is 14.3. The number of carbonyl (C=O) groups is 1. The number of alkyl halides is 3. The summed E-state index contributed by atoms with van der Waals surface area (Å²) in [6, 6.07) is 0. The lowest BCUT2D eigenvalue weighted by Crippen LogP contribution is -2.37. The number of rotatable bonds is 3. The van der Waals surface area contributed by atoms with Gasteiger partial charge >= 0.3 is 12.1 Å². The van der Waals surface area contributed by atoms with Crippen molar-refractivity contribution in [2.45, 2.75) is 52.1 Å². The largest absolute Gasteiger partial charge is 0.481 e. The van der Waals surface area contributed by atoms with Crippen LogP contribution in [0.15, 0.2) is 0 Å². The lowest BCUT2D eigenvalue weighted by atomic mass is 9.67. The highest BCUT2D eigenvalue weighted by Gasteiger charge is 2.47. The molecule has 2 unspecified atom stereocenters. The molecule has 0 saturated heterocycles. The summed E-state index contributed by atoms with van der Waals surface area (Å²) in [5.41, 5.74) is -0.106. The summed E-state index contributed by atoms with van der Waals surface area (Å²) >= 11 is 0. The molecule has 1 aliphatic rings. The van der Waals surface area contributed by atoms with Crippen LogP contribution in [-0.4, -0.2) is 17.3 Å². The zero-order valence-corrected chi connectivity index (χ0v) is 10.2. The van der Waals surface area contributed by atoms with Crippen LogP contribution in [0.5, 0.6) is 0 Å². The number of halogens is 3. The minimum Gasteiger partial charge on any atom is -0.481 e. The van der Waals surface area contributed by atoms with E-state index in [-0.39, 0.29) is 5.41 Å². The molecule has 17 heavy (non-hydrogen) atoms. The molecule has 2 atom stereocenters. The minimum atomic E-state index is -4.41. The molecule has 100 valence electrons. The van der Waals surface area contributed by atoms with E-state index in [1.165, 1.54) is 0 Å². The first-order valence-corrected chi connectivity index (χ1v) is 5.90. The maximum Gasteiger partial charge on any atom is 0.392 e. The van der Waals surface area contributed by atoms with Crippen LogP contribution in [0.1, 0.15) is 46.0 Å². The number of aliphatic carboxylic acids is 1. The van der Waals surface area contributed by atoms with E-state index in [9.17, 15) is 18.0 Å². The smallest absolute Gasteiger partial charge is 0.392 e. The monoisotopic (exact) mass is 252 g/mol. The summed E-state index contributed by atoms with van der Waals surface area (Å²) in [6.07, 6.45) is -2.59. The molecule has 0 spiro atoms. The van der Waals surface area contributed by atoms with Crippen molar-refractivity contribution in [1.29, 1.82) is 0 Å². The van der Waals surface area contributed by atoms with Gasteiger partial charge in [0.2, 0.25) is 0 Å². The van der Waals surface area contributed by atoms with Crippen molar-refractivity contribution >= 4 is 5.97 Å². The second-order valence-electron chi connectivity index (χ2n) is 5.77. The van der Waals surface area contributed by atoms with E-state index in [0.29, 0.717) is 12.8 Å². The Balaban J connectivity index is 2.79. The number of hydrogen-bond acceptors (Lipinski definition) is 1. The van der Waals surface area contributed by atoms with Crippen LogP contribution in [0, 0.1) is 17.3 Å². The van der Waals surface area contributed by atoms with Gasteiger partial charge in [0.15, 0.2) is 0 Å². The standard InChI is InChI=1S/C12H19F3O2/c1-11(2)5-3-4-8(7-11)9(6-10(16)17)12(13,14)15/h8-9H,3-7H2,1-2H3,(H,16,17). The molecule has 1 rings (SSSR count). The Hall–Kier alpha value is -0.740. The molecule has 0 radical (unpaired) electrons. The van der Waals surface area contributed by atoms with Crippen molar-refractivity contribution in [3.63, 3.8) is 0 Å². The fraction of sp³-hybridized carbons (Fsp3) is 0.917. The Labute approximate surface area is 99.2 Å². The van der Waals surface area contributed by atoms with Crippen molar-refractivity contribution in [2.75, 3.05) is 0 Å². The summed E-state index contributed by atoms with van der Waals surface area (Å²) in [5.74, 6) is -3.61. The first-order chi connectivity index (χ1) is 7.62. The zero-order chi connectivity index (χ0) is 13.3. The molecule has 0 aromatic rings. The van der Waals surface area contributed by atoms with Crippen LogP contribution in [-0.2, 0) is 4.79 Å². The van der Waals surface area contributed by atoms with E-state index in [0.717, 1.165) is 12.8 Å². The highest BCUT2D eigenvalue weighted by Crippen LogP contribution is 2.47. The number of carboxylic acids is 1. The molecular weight excluding hydrogens is 233 g/mol. The Morgan fingerprint density at radius 1 is 1.47 bits per heavy atom. The maximum atomic E-state index is 12.9. The normalized spacial score (nSPS) is 26.5. The highest BCUT2D eigenvalue weighted by atomic mass is 19.4. The third-order valence-electron chi connectivity index (χ3n) is 3.63. The molecule has 0 aromatic heterocycles. The Morgan fingerprint density at radius 3 is 2.47 bits per heavy atom. The highest BCUT2D eigenvalue weighted by molar-refractivity contribution is 5.67. The van der Waals surface area contributed by atoms with E-state index in [1.54, 1.807) is 0 Å². The number of carboxylic acid groups (broad SMARTS) is 1. The van der Waals surface area contributed by atoms with Gasteiger partial charge in [-0.1, -0.05) is 20.3 Å². The van der Waals surface area contributed by atoms with Gasteiger partial charge in [0.05, 0.1) is 12.3 Å². The molecule has 0 bridgehead atoms. The molecule has 0 heterocycles. The van der Waals surface area contributed by atoms with Crippen LogP contribution in [0.3, 0.4) is 0 Å². The van der Waals surface area contributed by atoms with Gasteiger partial charge in [0, 0.05) is 0 Å². The Bertz CT molecular complexity index is 284. The summed E-state index contributed by atoms with van der Waals surface area (Å²) in [7, 11) is 0. The predicted molar refractivity (Wildman–Crippen MR) is 57.5 cm³/mol. The molecule has 1 saturated carbocycles. The van der Waals surface area contributed by atoms with Crippen LogP contribution >= 0.6 is 0 Å². The summed E-state index contributed by atoms with van der Waals surface area (Å²) in [6.45, 7) is 3.90. The van der Waals surface area contributed by atoms with Gasteiger partial charge in [0.25, 0.3) is 0 Å². The van der Waals surface area contributed by atoms with Gasteiger partial charge in [-0.15, -0.1) is 0 Å². The fourth-order valence-electron chi connectivity index (χ4n) is 2.84. The molecule has 5 heteroatoms. The summed E-state index contributed by atoms with van der Waals surface area (Å²) in [5, 5.41) is 8.61. The zero-order valence-electron chi connectivity index (χ0n) is 10.2. The second kappa shape index (κ2) is 4.86. The SMILES string of the molecule is CC1(C)CCCC(C(CC(=O)O)C(F)(F)F)C1. The third-order valence-corrected chi connectivity index (χ3v) is 3.63. The fourth-order valence-corrected chi connectivity index (χ4v) is 2.84. The molecular formula is C12H19F3O2. The predicted octanol–water partition coefficient (Wildman–Crippen LogP) is 3.86. The quantitative estimate of drug-likeness (QED) is 0.828.